The standard InChI is InChI=1S/C25H27N3O8S2/c1-2-34-23(29)7-8-28-19-15-20-21(36-14-13-35-20)16-22(19)37-25(28)26-24(30)17-3-5-18(6-4-17)38(31,32)27-9-11-33-12-10-27/h3-6,15-16H,2,7-14H2,1H3. The van der Waals surface area contributed by atoms with Crippen molar-refractivity contribution in [2.45, 2.75) is 24.8 Å². The zero-order valence-corrected chi connectivity index (χ0v) is 22.4. The third-order valence-corrected chi connectivity index (χ3v) is 9.05. The van der Waals surface area contributed by atoms with Gasteiger partial charge >= 0.3 is 5.97 Å². The Morgan fingerprint density at radius 2 is 1.71 bits per heavy atom. The van der Waals surface area contributed by atoms with E-state index >= 15 is 0 Å². The average molecular weight is 562 g/mol. The summed E-state index contributed by atoms with van der Waals surface area (Å²) in [5.41, 5.74) is 0.994. The molecule has 0 spiro atoms. The lowest BCUT2D eigenvalue weighted by atomic mass is 10.2. The molecule has 2 aliphatic heterocycles. The Balaban J connectivity index is 1.47. The van der Waals surface area contributed by atoms with Crippen LogP contribution in [0.5, 0.6) is 11.5 Å². The maximum Gasteiger partial charge on any atom is 0.307 e. The van der Waals surface area contributed by atoms with Crippen molar-refractivity contribution in [1.29, 1.82) is 0 Å². The van der Waals surface area contributed by atoms with E-state index in [0.717, 1.165) is 10.2 Å². The molecule has 1 fully saturated rings. The average Bonchev–Trinajstić information content (AvgIpc) is 3.26. The van der Waals surface area contributed by atoms with E-state index in [1.807, 2.05) is 12.1 Å². The van der Waals surface area contributed by atoms with Crippen molar-refractivity contribution in [1.82, 2.24) is 8.87 Å². The van der Waals surface area contributed by atoms with Crippen LogP contribution in [0.3, 0.4) is 0 Å². The molecule has 1 amide bonds. The first-order valence-electron chi connectivity index (χ1n) is 12.2. The molecule has 0 saturated carbocycles. The molecule has 11 nitrogen and oxygen atoms in total. The van der Waals surface area contributed by atoms with Crippen LogP contribution in [0, 0.1) is 0 Å². The number of nitrogens with zero attached hydrogens (tertiary/aromatic N) is 3. The van der Waals surface area contributed by atoms with Gasteiger partial charge in [-0.05, 0) is 31.2 Å². The highest BCUT2D eigenvalue weighted by molar-refractivity contribution is 7.89. The number of sulfonamides is 1. The van der Waals surface area contributed by atoms with Crippen LogP contribution in [0.1, 0.15) is 23.7 Å². The molecule has 202 valence electrons. The Bertz CT molecular complexity index is 1520. The van der Waals surface area contributed by atoms with Crippen LogP contribution in [0.4, 0.5) is 0 Å². The van der Waals surface area contributed by atoms with Crippen LogP contribution in [-0.4, -0.2) is 75.3 Å². The number of esters is 1. The minimum absolute atomic E-state index is 0.101. The number of carbonyl (C=O) groups excluding carboxylic acids is 2. The Kier molecular flexibility index (Phi) is 7.79. The van der Waals surface area contributed by atoms with E-state index in [9.17, 15) is 18.0 Å². The number of ether oxygens (including phenoxy) is 4. The minimum atomic E-state index is -3.67. The molecule has 38 heavy (non-hydrogen) atoms. The molecule has 13 heteroatoms. The number of rotatable bonds is 7. The highest BCUT2D eigenvalue weighted by atomic mass is 32.2. The molecule has 1 saturated heterocycles. The van der Waals surface area contributed by atoms with Gasteiger partial charge in [0.05, 0.1) is 41.4 Å². The quantitative estimate of drug-likeness (QED) is 0.402. The van der Waals surface area contributed by atoms with Gasteiger partial charge in [-0.2, -0.15) is 9.30 Å². The maximum absolute atomic E-state index is 13.1. The number of benzene rings is 2. The monoisotopic (exact) mass is 561 g/mol. The van der Waals surface area contributed by atoms with Crippen LogP contribution in [0.25, 0.3) is 10.2 Å². The summed E-state index contributed by atoms with van der Waals surface area (Å²) in [6, 6.07) is 9.39. The predicted molar refractivity (Wildman–Crippen MR) is 138 cm³/mol. The van der Waals surface area contributed by atoms with Gasteiger partial charge in [-0.3, -0.25) is 9.59 Å². The maximum atomic E-state index is 13.1. The van der Waals surface area contributed by atoms with Gasteiger partial charge in [0, 0.05) is 37.3 Å². The predicted octanol–water partition coefficient (Wildman–Crippen LogP) is 2.19. The zero-order chi connectivity index (χ0) is 26.7. The molecule has 0 N–H and O–H groups in total. The molecule has 2 aromatic carbocycles. The number of morpholine rings is 1. The lowest BCUT2D eigenvalue weighted by Gasteiger charge is -2.26. The molecule has 0 atom stereocenters. The van der Waals surface area contributed by atoms with Crippen molar-refractivity contribution >= 4 is 43.5 Å². The third kappa shape index (κ3) is 5.46. The van der Waals surface area contributed by atoms with Gasteiger partial charge in [0.2, 0.25) is 10.0 Å². The van der Waals surface area contributed by atoms with Crippen LogP contribution in [0.2, 0.25) is 0 Å². The third-order valence-electron chi connectivity index (χ3n) is 6.10. The van der Waals surface area contributed by atoms with Gasteiger partial charge < -0.3 is 23.5 Å². The lowest BCUT2D eigenvalue weighted by Crippen LogP contribution is -2.40. The molecule has 0 aliphatic carbocycles. The normalized spacial score (nSPS) is 16.5. The topological polar surface area (TPSA) is 126 Å². The van der Waals surface area contributed by atoms with E-state index in [1.54, 1.807) is 11.5 Å². The van der Waals surface area contributed by atoms with Gasteiger partial charge in [-0.1, -0.05) is 11.3 Å². The van der Waals surface area contributed by atoms with E-state index in [2.05, 4.69) is 4.99 Å². The fourth-order valence-corrected chi connectivity index (χ4v) is 6.67. The number of aryl methyl sites for hydroxylation is 1. The number of aromatic nitrogens is 1. The summed E-state index contributed by atoms with van der Waals surface area (Å²) in [4.78, 5) is 30.0. The summed E-state index contributed by atoms with van der Waals surface area (Å²) in [7, 11) is -3.67. The summed E-state index contributed by atoms with van der Waals surface area (Å²) >= 11 is 1.28. The SMILES string of the molecule is CCOC(=O)CCn1c(=NC(=O)c2ccc(S(=O)(=O)N3CCOCC3)cc2)sc2cc3c(cc21)OCCO3. The van der Waals surface area contributed by atoms with E-state index < -0.39 is 15.9 Å². The molecule has 3 aromatic rings. The van der Waals surface area contributed by atoms with Gasteiger partial charge in [-0.25, -0.2) is 8.42 Å². The van der Waals surface area contributed by atoms with E-state index in [-0.39, 0.29) is 49.1 Å². The smallest absolute Gasteiger partial charge is 0.307 e. The van der Waals surface area contributed by atoms with E-state index in [1.165, 1.54) is 39.9 Å². The molecular formula is C25H27N3O8S2. The van der Waals surface area contributed by atoms with Crippen LogP contribution >= 0.6 is 11.3 Å². The van der Waals surface area contributed by atoms with Gasteiger partial charge in [0.1, 0.15) is 13.2 Å². The summed E-state index contributed by atoms with van der Waals surface area (Å²) < 4.78 is 51.4. The first-order chi connectivity index (χ1) is 18.4. The summed E-state index contributed by atoms with van der Waals surface area (Å²) in [6.45, 7) is 4.41. The van der Waals surface area contributed by atoms with Crippen molar-refractivity contribution in [3.05, 3.63) is 46.8 Å². The fourth-order valence-electron chi connectivity index (χ4n) is 4.20. The second-order valence-corrected chi connectivity index (χ2v) is 11.5. The van der Waals surface area contributed by atoms with Crippen LogP contribution < -0.4 is 14.3 Å². The number of hydrogen-bond acceptors (Lipinski definition) is 9. The summed E-state index contributed by atoms with van der Waals surface area (Å²) in [6.07, 6.45) is 0.101. The number of hydrogen-bond donors (Lipinski definition) is 0. The first-order valence-corrected chi connectivity index (χ1v) is 14.5. The highest BCUT2D eigenvalue weighted by Crippen LogP contribution is 2.35. The zero-order valence-electron chi connectivity index (χ0n) is 20.8. The van der Waals surface area contributed by atoms with Crippen LogP contribution in [0.15, 0.2) is 46.3 Å². The first kappa shape index (κ1) is 26.4. The van der Waals surface area contributed by atoms with E-state index in [0.29, 0.717) is 42.7 Å². The van der Waals surface area contributed by atoms with Gasteiger partial charge in [0.15, 0.2) is 16.3 Å². The Labute approximate surface area is 223 Å². The van der Waals surface area contributed by atoms with Crippen molar-refractivity contribution in [2.75, 3.05) is 46.1 Å². The molecule has 5 rings (SSSR count). The number of thiazole rings is 1. The van der Waals surface area contributed by atoms with Crippen molar-refractivity contribution < 1.29 is 37.0 Å². The minimum Gasteiger partial charge on any atom is -0.486 e. The second kappa shape index (κ2) is 11.2. The van der Waals surface area contributed by atoms with Crippen molar-refractivity contribution in [2.24, 2.45) is 4.99 Å². The molecule has 0 radical (unpaired) electrons. The largest absolute Gasteiger partial charge is 0.486 e. The molecular weight excluding hydrogens is 534 g/mol. The number of amides is 1. The van der Waals surface area contributed by atoms with E-state index in [4.69, 9.17) is 18.9 Å². The highest BCUT2D eigenvalue weighted by Gasteiger charge is 2.26. The van der Waals surface area contributed by atoms with Gasteiger partial charge in [0.25, 0.3) is 5.91 Å². The Hall–Kier alpha value is -3.26. The van der Waals surface area contributed by atoms with Crippen molar-refractivity contribution in [3.8, 4) is 11.5 Å². The van der Waals surface area contributed by atoms with Gasteiger partial charge in [-0.15, -0.1) is 0 Å². The Morgan fingerprint density at radius 1 is 1.03 bits per heavy atom. The molecule has 0 bridgehead atoms. The summed E-state index contributed by atoms with van der Waals surface area (Å²) in [5, 5.41) is 0. The second-order valence-electron chi connectivity index (χ2n) is 8.51. The lowest BCUT2D eigenvalue weighted by molar-refractivity contribution is -0.143. The van der Waals surface area contributed by atoms with Crippen LogP contribution in [-0.2, 0) is 30.8 Å². The Morgan fingerprint density at radius 3 is 2.39 bits per heavy atom. The molecule has 1 aromatic heterocycles. The molecule has 0 unspecified atom stereocenters. The number of carbonyl (C=O) groups is 2. The summed E-state index contributed by atoms with van der Waals surface area (Å²) in [5.74, 6) is 0.305. The number of fused-ring (bicyclic) bond motifs is 2. The van der Waals surface area contributed by atoms with Crippen molar-refractivity contribution in [3.63, 3.8) is 0 Å². The molecule has 3 heterocycles. The molecule has 2 aliphatic rings. The fraction of sp³-hybridized carbons (Fsp3) is 0.400.